The Labute approximate surface area is 172 Å². The van der Waals surface area contributed by atoms with Crippen LogP contribution in [-0.2, 0) is 21.8 Å². The molecule has 0 bridgehead atoms. The fourth-order valence-corrected chi connectivity index (χ4v) is 3.12. The minimum atomic E-state index is -5.03. The number of rotatable bonds is 5. The summed E-state index contributed by atoms with van der Waals surface area (Å²) in [6.45, 7) is 0.0376. The highest BCUT2D eigenvalue weighted by molar-refractivity contribution is 5.34. The molecule has 2 N–H and O–H groups in total. The third-order valence-electron chi connectivity index (χ3n) is 4.66. The second-order valence-corrected chi connectivity index (χ2v) is 6.91. The Morgan fingerprint density at radius 3 is 2.13 bits per heavy atom. The Morgan fingerprint density at radius 2 is 1.58 bits per heavy atom. The van der Waals surface area contributed by atoms with Crippen molar-refractivity contribution in [2.24, 2.45) is 0 Å². The van der Waals surface area contributed by atoms with Crippen LogP contribution in [0.1, 0.15) is 34.4 Å². The van der Waals surface area contributed by atoms with Gasteiger partial charge in [-0.1, -0.05) is 12.1 Å². The van der Waals surface area contributed by atoms with Gasteiger partial charge in [-0.15, -0.1) is 0 Å². The largest absolute Gasteiger partial charge is 0.416 e. The molecule has 3 rings (SSSR count). The molecule has 11 heteroatoms. The van der Waals surface area contributed by atoms with Crippen LogP contribution in [0, 0.1) is 5.82 Å². The molecule has 1 saturated heterocycles. The van der Waals surface area contributed by atoms with Gasteiger partial charge in [0, 0.05) is 6.54 Å². The number of hydrogen-bond donors (Lipinski definition) is 2. The first-order chi connectivity index (χ1) is 14.4. The van der Waals surface area contributed by atoms with Gasteiger partial charge in [-0.2, -0.15) is 26.3 Å². The predicted octanol–water partition coefficient (Wildman–Crippen LogP) is 4.60. The molecule has 1 fully saturated rings. The maximum absolute atomic E-state index is 13.1. The van der Waals surface area contributed by atoms with Gasteiger partial charge < -0.3 is 19.9 Å². The van der Waals surface area contributed by atoms with Crippen molar-refractivity contribution in [1.29, 1.82) is 0 Å². The minimum Gasteiger partial charge on any atom is -0.386 e. The Bertz CT molecular complexity index is 852. The van der Waals surface area contributed by atoms with Crippen molar-refractivity contribution in [1.82, 2.24) is 5.32 Å². The summed E-state index contributed by atoms with van der Waals surface area (Å²) in [4.78, 5) is 0. The zero-order valence-electron chi connectivity index (χ0n) is 15.8. The van der Waals surface area contributed by atoms with E-state index in [4.69, 9.17) is 9.47 Å². The van der Waals surface area contributed by atoms with Crippen molar-refractivity contribution in [3.8, 4) is 0 Å². The second-order valence-electron chi connectivity index (χ2n) is 6.91. The van der Waals surface area contributed by atoms with E-state index in [2.05, 4.69) is 5.32 Å². The third kappa shape index (κ3) is 5.94. The van der Waals surface area contributed by atoms with E-state index in [1.165, 1.54) is 24.3 Å². The molecule has 0 aromatic heterocycles. The fourth-order valence-electron chi connectivity index (χ4n) is 3.12. The van der Waals surface area contributed by atoms with Crippen LogP contribution < -0.4 is 5.32 Å². The monoisotopic (exact) mass is 453 g/mol. The number of aliphatic hydroxyl groups is 1. The zero-order chi connectivity index (χ0) is 22.8. The lowest BCUT2D eigenvalue weighted by atomic mass is 10.0. The van der Waals surface area contributed by atoms with Gasteiger partial charge >= 0.3 is 12.4 Å². The van der Waals surface area contributed by atoms with E-state index in [0.717, 1.165) is 0 Å². The van der Waals surface area contributed by atoms with E-state index in [1.807, 2.05) is 0 Å². The molecule has 31 heavy (non-hydrogen) atoms. The zero-order valence-corrected chi connectivity index (χ0v) is 15.8. The van der Waals surface area contributed by atoms with E-state index in [1.54, 1.807) is 0 Å². The molecular formula is C20H18F7NO3. The summed E-state index contributed by atoms with van der Waals surface area (Å²) in [5.74, 6) is -0.460. The number of hydrogen-bond acceptors (Lipinski definition) is 4. The molecule has 4 nitrogen and oxygen atoms in total. The summed E-state index contributed by atoms with van der Waals surface area (Å²) in [6.07, 6.45) is -12.8. The van der Waals surface area contributed by atoms with Gasteiger partial charge in [-0.05, 0) is 41.5 Å². The van der Waals surface area contributed by atoms with Gasteiger partial charge in [0.2, 0.25) is 0 Å². The number of nitrogens with one attached hydrogen (secondary N) is 1. The molecule has 0 aliphatic carbocycles. The number of alkyl halides is 6. The van der Waals surface area contributed by atoms with Crippen LogP contribution in [0.2, 0.25) is 0 Å². The smallest absolute Gasteiger partial charge is 0.386 e. The number of halogens is 7. The average molecular weight is 453 g/mol. The molecule has 0 saturated carbocycles. The van der Waals surface area contributed by atoms with E-state index < -0.39 is 59.9 Å². The lowest BCUT2D eigenvalue weighted by Gasteiger charge is -2.33. The lowest BCUT2D eigenvalue weighted by molar-refractivity contribution is -0.189. The van der Waals surface area contributed by atoms with Crippen LogP contribution in [0.3, 0.4) is 0 Å². The molecule has 1 aliphatic heterocycles. The normalized spacial score (nSPS) is 21.2. The van der Waals surface area contributed by atoms with Gasteiger partial charge in [0.25, 0.3) is 0 Å². The van der Waals surface area contributed by atoms with Crippen LogP contribution >= 0.6 is 0 Å². The molecule has 1 heterocycles. The molecule has 2 unspecified atom stereocenters. The topological polar surface area (TPSA) is 50.7 Å². The molecule has 2 aromatic rings. The van der Waals surface area contributed by atoms with E-state index >= 15 is 0 Å². The Kier molecular flexibility index (Phi) is 6.89. The van der Waals surface area contributed by atoms with E-state index in [0.29, 0.717) is 24.2 Å². The first-order valence-corrected chi connectivity index (χ1v) is 9.14. The molecule has 0 spiro atoms. The number of morpholine rings is 1. The van der Waals surface area contributed by atoms with Gasteiger partial charge in [0.05, 0.1) is 30.4 Å². The van der Waals surface area contributed by atoms with Crippen LogP contribution in [0.5, 0.6) is 0 Å². The summed E-state index contributed by atoms with van der Waals surface area (Å²) in [5, 5.41) is 13.3. The summed E-state index contributed by atoms with van der Waals surface area (Å²) >= 11 is 0. The average Bonchev–Trinajstić information content (AvgIpc) is 2.71. The van der Waals surface area contributed by atoms with Crippen LogP contribution in [0.25, 0.3) is 0 Å². The van der Waals surface area contributed by atoms with Gasteiger partial charge in [0.15, 0.2) is 6.29 Å². The Balaban J connectivity index is 1.77. The Hall–Kier alpha value is -2.21. The molecule has 3 atom stereocenters. The molecule has 2 aromatic carbocycles. The van der Waals surface area contributed by atoms with Crippen LogP contribution in [0.4, 0.5) is 30.7 Å². The van der Waals surface area contributed by atoms with Crippen LogP contribution in [-0.4, -0.2) is 31.2 Å². The highest BCUT2D eigenvalue weighted by Gasteiger charge is 2.37. The quantitative estimate of drug-likeness (QED) is 0.650. The summed E-state index contributed by atoms with van der Waals surface area (Å²) in [6, 6.07) is 5.71. The summed E-state index contributed by atoms with van der Waals surface area (Å²) < 4.78 is 102. The first-order valence-electron chi connectivity index (χ1n) is 9.14. The fraction of sp³-hybridized carbons (Fsp3) is 0.400. The molecule has 170 valence electrons. The van der Waals surface area contributed by atoms with Crippen molar-refractivity contribution in [2.45, 2.75) is 30.8 Å². The number of ether oxygens (including phenoxy) is 2. The third-order valence-corrected chi connectivity index (χ3v) is 4.66. The van der Waals surface area contributed by atoms with Crippen molar-refractivity contribution in [3.05, 3.63) is 70.5 Å². The maximum Gasteiger partial charge on any atom is 0.416 e. The lowest BCUT2D eigenvalue weighted by Crippen LogP contribution is -2.43. The van der Waals surface area contributed by atoms with Crippen molar-refractivity contribution in [2.75, 3.05) is 19.8 Å². The highest BCUT2D eigenvalue weighted by atomic mass is 19.4. The first kappa shape index (κ1) is 23.5. The molecular weight excluding hydrogens is 435 g/mol. The van der Waals surface area contributed by atoms with Crippen molar-refractivity contribution >= 4 is 0 Å². The minimum absolute atomic E-state index is 0.0180. The highest BCUT2D eigenvalue weighted by Crippen LogP contribution is 2.37. The van der Waals surface area contributed by atoms with E-state index in [9.17, 15) is 35.8 Å². The number of benzene rings is 2. The molecule has 0 amide bonds. The Morgan fingerprint density at radius 1 is 1.00 bits per heavy atom. The SMILES string of the molecule is O[C@@H](COC1OCCNC1c1ccc(F)cc1)c1cc(C(F)(F)F)cc(C(F)(F)F)c1. The van der Waals surface area contributed by atoms with Crippen molar-refractivity contribution in [3.63, 3.8) is 0 Å². The molecule has 1 aliphatic rings. The summed E-state index contributed by atoms with van der Waals surface area (Å²) in [7, 11) is 0. The van der Waals surface area contributed by atoms with Gasteiger partial charge in [0.1, 0.15) is 11.9 Å². The van der Waals surface area contributed by atoms with Crippen molar-refractivity contribution < 1.29 is 45.3 Å². The second kappa shape index (κ2) is 9.11. The maximum atomic E-state index is 13.1. The standard InChI is InChI=1S/C20H18F7NO3/c21-15-3-1-11(2-4-15)17-18(30-6-5-28-17)31-10-16(29)12-7-13(19(22,23)24)9-14(8-12)20(25,26)27/h1-4,7-9,16-18,28-29H,5-6,10H2/t16-,17?,18?/m0/s1. The van der Waals surface area contributed by atoms with Gasteiger partial charge in [-0.3, -0.25) is 0 Å². The van der Waals surface area contributed by atoms with E-state index in [-0.39, 0.29) is 12.7 Å². The summed E-state index contributed by atoms with van der Waals surface area (Å²) in [5.41, 5.74) is -3.06. The predicted molar refractivity (Wildman–Crippen MR) is 94.2 cm³/mol. The van der Waals surface area contributed by atoms with Gasteiger partial charge in [-0.25, -0.2) is 4.39 Å². The number of aliphatic hydroxyl groups excluding tert-OH is 1. The van der Waals surface area contributed by atoms with Crippen LogP contribution in [0.15, 0.2) is 42.5 Å². The molecule has 0 radical (unpaired) electrons.